The summed E-state index contributed by atoms with van der Waals surface area (Å²) in [7, 11) is 2.10. The topological polar surface area (TPSA) is 34.2 Å². The van der Waals surface area contributed by atoms with E-state index in [-0.39, 0.29) is 0 Å². The van der Waals surface area contributed by atoms with Crippen molar-refractivity contribution in [1.82, 2.24) is 9.47 Å². The summed E-state index contributed by atoms with van der Waals surface area (Å²) in [5.74, 6) is 1.87. The third kappa shape index (κ3) is 3.63. The van der Waals surface area contributed by atoms with E-state index in [1.807, 2.05) is 6.07 Å². The Morgan fingerprint density at radius 2 is 1.96 bits per heavy atom. The highest BCUT2D eigenvalue weighted by Crippen LogP contribution is 2.37. The van der Waals surface area contributed by atoms with Crippen molar-refractivity contribution in [2.75, 3.05) is 26.2 Å². The van der Waals surface area contributed by atoms with Crippen LogP contribution in [0.1, 0.15) is 38.2 Å². The number of benzene rings is 1. The van der Waals surface area contributed by atoms with Gasteiger partial charge in [-0.2, -0.15) is 0 Å². The highest BCUT2D eigenvalue weighted by molar-refractivity contribution is 6.31. The van der Waals surface area contributed by atoms with Crippen molar-refractivity contribution < 1.29 is 0 Å². The molecular formula is C20H30ClN3. The van der Waals surface area contributed by atoms with Crippen LogP contribution in [0.2, 0.25) is 5.02 Å². The van der Waals surface area contributed by atoms with Crippen molar-refractivity contribution in [1.29, 1.82) is 0 Å². The number of rotatable bonds is 5. The molecule has 1 aliphatic heterocycles. The summed E-state index contributed by atoms with van der Waals surface area (Å²) in [6, 6.07) is 6.20. The monoisotopic (exact) mass is 347 g/mol. The third-order valence-electron chi connectivity index (χ3n) is 5.46. The fraction of sp³-hybridized carbons (Fsp3) is 0.600. The van der Waals surface area contributed by atoms with Gasteiger partial charge < -0.3 is 15.2 Å². The van der Waals surface area contributed by atoms with E-state index >= 15 is 0 Å². The van der Waals surface area contributed by atoms with Gasteiger partial charge in [-0.15, -0.1) is 0 Å². The SMILES string of the molecule is CC(C)CN1CCC(C(CN)c2cn(C)c3cc(Cl)ccc23)CC1. The lowest BCUT2D eigenvalue weighted by molar-refractivity contribution is 0.155. The summed E-state index contributed by atoms with van der Waals surface area (Å²) in [6.45, 7) is 8.95. The van der Waals surface area contributed by atoms with Crippen LogP contribution in [-0.4, -0.2) is 35.6 Å². The van der Waals surface area contributed by atoms with E-state index < -0.39 is 0 Å². The summed E-state index contributed by atoms with van der Waals surface area (Å²) in [6.07, 6.45) is 4.76. The van der Waals surface area contributed by atoms with E-state index in [0.29, 0.717) is 11.8 Å². The highest BCUT2D eigenvalue weighted by atomic mass is 35.5. The maximum absolute atomic E-state index is 6.23. The first kappa shape index (κ1) is 17.8. The zero-order valence-corrected chi connectivity index (χ0v) is 15.9. The van der Waals surface area contributed by atoms with Crippen LogP contribution < -0.4 is 5.73 Å². The number of fused-ring (bicyclic) bond motifs is 1. The largest absolute Gasteiger partial charge is 0.350 e. The van der Waals surface area contributed by atoms with Crippen molar-refractivity contribution in [2.24, 2.45) is 24.6 Å². The molecule has 1 aliphatic rings. The summed E-state index contributed by atoms with van der Waals surface area (Å²) in [4.78, 5) is 2.61. The molecule has 0 radical (unpaired) electrons. The number of nitrogens with zero attached hydrogens (tertiary/aromatic N) is 2. The van der Waals surface area contributed by atoms with Crippen LogP contribution in [0.4, 0.5) is 0 Å². The van der Waals surface area contributed by atoms with E-state index in [1.165, 1.54) is 48.9 Å². The van der Waals surface area contributed by atoms with Crippen molar-refractivity contribution in [2.45, 2.75) is 32.6 Å². The summed E-state index contributed by atoms with van der Waals surface area (Å²) in [5.41, 5.74) is 8.83. The quantitative estimate of drug-likeness (QED) is 0.877. The molecule has 1 saturated heterocycles. The van der Waals surface area contributed by atoms with E-state index in [0.717, 1.165) is 17.5 Å². The van der Waals surface area contributed by atoms with Crippen molar-refractivity contribution in [3.05, 3.63) is 35.0 Å². The van der Waals surface area contributed by atoms with Crippen LogP contribution in [0.25, 0.3) is 10.9 Å². The summed E-state index contributed by atoms with van der Waals surface area (Å²) in [5, 5.41) is 2.10. The van der Waals surface area contributed by atoms with Gasteiger partial charge in [-0.3, -0.25) is 0 Å². The Bertz CT molecular complexity index is 683. The van der Waals surface area contributed by atoms with Crippen LogP contribution >= 0.6 is 11.6 Å². The highest BCUT2D eigenvalue weighted by Gasteiger charge is 2.29. The molecule has 3 rings (SSSR count). The molecule has 1 aromatic carbocycles. The molecule has 2 heterocycles. The van der Waals surface area contributed by atoms with Gasteiger partial charge in [0.25, 0.3) is 0 Å². The van der Waals surface area contributed by atoms with E-state index in [1.54, 1.807) is 0 Å². The van der Waals surface area contributed by atoms with Crippen LogP contribution in [0.5, 0.6) is 0 Å². The van der Waals surface area contributed by atoms with Gasteiger partial charge in [-0.25, -0.2) is 0 Å². The number of hydrogen-bond acceptors (Lipinski definition) is 2. The average molecular weight is 348 g/mol. The Kier molecular flexibility index (Phi) is 5.53. The minimum atomic E-state index is 0.441. The molecule has 0 bridgehead atoms. The smallest absolute Gasteiger partial charge is 0.0495 e. The second-order valence-corrected chi connectivity index (χ2v) is 8.17. The molecule has 0 saturated carbocycles. The number of likely N-dealkylation sites (tertiary alicyclic amines) is 1. The first-order valence-electron chi connectivity index (χ1n) is 9.16. The summed E-state index contributed by atoms with van der Waals surface area (Å²) < 4.78 is 2.19. The van der Waals surface area contributed by atoms with Gasteiger partial charge in [0.05, 0.1) is 0 Å². The predicted octanol–water partition coefficient (Wildman–Crippen LogP) is 4.24. The van der Waals surface area contributed by atoms with Gasteiger partial charge in [0.2, 0.25) is 0 Å². The fourth-order valence-corrected chi connectivity index (χ4v) is 4.48. The normalized spacial score (nSPS) is 18.6. The van der Waals surface area contributed by atoms with Gasteiger partial charge in [0, 0.05) is 41.6 Å². The predicted molar refractivity (Wildman–Crippen MR) is 104 cm³/mol. The van der Waals surface area contributed by atoms with Crippen molar-refractivity contribution in [3.8, 4) is 0 Å². The molecule has 1 unspecified atom stereocenters. The summed E-state index contributed by atoms with van der Waals surface area (Å²) >= 11 is 6.18. The van der Waals surface area contributed by atoms with Gasteiger partial charge in [-0.1, -0.05) is 31.5 Å². The first-order valence-corrected chi connectivity index (χ1v) is 9.54. The Labute approximate surface area is 150 Å². The lowest BCUT2D eigenvalue weighted by Gasteiger charge is -2.36. The van der Waals surface area contributed by atoms with Crippen molar-refractivity contribution >= 4 is 22.5 Å². The number of piperidine rings is 1. The molecule has 2 N–H and O–H groups in total. The van der Waals surface area contributed by atoms with Crippen LogP contribution in [0.15, 0.2) is 24.4 Å². The lowest BCUT2D eigenvalue weighted by atomic mass is 9.80. The van der Waals surface area contributed by atoms with Gasteiger partial charge >= 0.3 is 0 Å². The Balaban J connectivity index is 1.80. The second kappa shape index (κ2) is 7.47. The van der Waals surface area contributed by atoms with E-state index in [9.17, 15) is 0 Å². The molecule has 2 aromatic rings. The molecule has 132 valence electrons. The molecule has 0 amide bonds. The molecule has 1 fully saturated rings. The molecule has 4 heteroatoms. The fourth-order valence-electron chi connectivity index (χ4n) is 4.31. The third-order valence-corrected chi connectivity index (χ3v) is 5.70. The number of aromatic nitrogens is 1. The Hall–Kier alpha value is -1.03. The van der Waals surface area contributed by atoms with E-state index in [2.05, 4.69) is 48.7 Å². The van der Waals surface area contributed by atoms with Crippen molar-refractivity contribution in [3.63, 3.8) is 0 Å². The number of nitrogens with two attached hydrogens (primary N) is 1. The number of halogens is 1. The molecule has 1 aromatic heterocycles. The van der Waals surface area contributed by atoms with Gasteiger partial charge in [0.1, 0.15) is 0 Å². The van der Waals surface area contributed by atoms with Crippen LogP contribution in [0.3, 0.4) is 0 Å². The zero-order chi connectivity index (χ0) is 17.3. The molecular weight excluding hydrogens is 318 g/mol. The standard InChI is InChI=1S/C20H30ClN3/c1-14(2)12-24-8-6-15(7-9-24)18(11-22)19-13-23(3)20-10-16(21)4-5-17(19)20/h4-5,10,13-15,18H,6-9,11-12,22H2,1-3H3. The molecule has 3 nitrogen and oxygen atoms in total. The maximum atomic E-state index is 6.23. The average Bonchev–Trinajstić information content (AvgIpc) is 2.86. The molecule has 1 atom stereocenters. The lowest BCUT2D eigenvalue weighted by Crippen LogP contribution is -2.38. The van der Waals surface area contributed by atoms with Crippen LogP contribution in [-0.2, 0) is 7.05 Å². The zero-order valence-electron chi connectivity index (χ0n) is 15.1. The van der Waals surface area contributed by atoms with Gasteiger partial charge in [0.15, 0.2) is 0 Å². The van der Waals surface area contributed by atoms with Gasteiger partial charge in [-0.05, 0) is 62.0 Å². The number of hydrogen-bond donors (Lipinski definition) is 1. The maximum Gasteiger partial charge on any atom is 0.0495 e. The van der Waals surface area contributed by atoms with Crippen LogP contribution in [0, 0.1) is 11.8 Å². The number of aryl methyl sites for hydroxylation is 1. The Morgan fingerprint density at radius 1 is 1.25 bits per heavy atom. The Morgan fingerprint density at radius 3 is 2.58 bits per heavy atom. The molecule has 0 aliphatic carbocycles. The first-order chi connectivity index (χ1) is 11.5. The minimum Gasteiger partial charge on any atom is -0.350 e. The molecule has 24 heavy (non-hydrogen) atoms. The van der Waals surface area contributed by atoms with E-state index in [4.69, 9.17) is 17.3 Å². The molecule has 0 spiro atoms. The minimum absolute atomic E-state index is 0.441. The second-order valence-electron chi connectivity index (χ2n) is 7.73.